The van der Waals surface area contributed by atoms with Crippen molar-refractivity contribution in [1.82, 2.24) is 24.5 Å². The Balaban J connectivity index is 1.40. The number of halogens is 1. The quantitative estimate of drug-likeness (QED) is 0.469. The molecule has 1 aliphatic heterocycles. The van der Waals surface area contributed by atoms with E-state index in [2.05, 4.69) is 15.1 Å². The Morgan fingerprint density at radius 3 is 2.67 bits per heavy atom. The van der Waals surface area contributed by atoms with Crippen molar-refractivity contribution in [2.24, 2.45) is 0 Å². The van der Waals surface area contributed by atoms with Gasteiger partial charge in [-0.05, 0) is 12.1 Å². The lowest BCUT2D eigenvalue weighted by Gasteiger charge is -2.27. The van der Waals surface area contributed by atoms with Gasteiger partial charge in [0, 0.05) is 36.2 Å². The van der Waals surface area contributed by atoms with Gasteiger partial charge in [0.25, 0.3) is 17.2 Å². The molecule has 4 aromatic rings. The Kier molecular flexibility index (Phi) is 6.06. The Morgan fingerprint density at radius 1 is 1.09 bits per heavy atom. The van der Waals surface area contributed by atoms with Crippen LogP contribution in [0.25, 0.3) is 17.2 Å². The Bertz CT molecular complexity index is 1370. The normalized spacial score (nSPS) is 13.9. The molecule has 1 N–H and O–H groups in total. The van der Waals surface area contributed by atoms with Crippen molar-refractivity contribution >= 4 is 35.0 Å². The van der Waals surface area contributed by atoms with Gasteiger partial charge in [-0.2, -0.15) is 21.3 Å². The first-order valence-corrected chi connectivity index (χ1v) is 12.0. The van der Waals surface area contributed by atoms with Crippen LogP contribution >= 0.6 is 23.4 Å². The summed E-state index contributed by atoms with van der Waals surface area (Å²) in [5.41, 5.74) is 1.27. The third-order valence-corrected chi connectivity index (χ3v) is 6.55. The molecular weight excluding hydrogens is 462 g/mol. The summed E-state index contributed by atoms with van der Waals surface area (Å²) in [5, 5.41) is 3.30. The standard InChI is InChI=1S/C23H20ClN5O3S/c24-17-7-4-8-18(20(17)22(31)28-9-11-33-12-10-28)32-14-16-13-19(30)29-23(25-16)26-21(27-29)15-5-2-1-3-6-15/h1-8,13H,9-12,14H2,(H,25,26,27). The van der Waals surface area contributed by atoms with Crippen LogP contribution in [-0.4, -0.2) is 55.0 Å². The molecule has 0 aliphatic carbocycles. The van der Waals surface area contributed by atoms with E-state index in [-0.39, 0.29) is 23.9 Å². The second kappa shape index (κ2) is 9.29. The first kappa shape index (κ1) is 21.5. The summed E-state index contributed by atoms with van der Waals surface area (Å²) < 4.78 is 7.21. The molecule has 1 amide bonds. The summed E-state index contributed by atoms with van der Waals surface area (Å²) >= 11 is 8.20. The second-order valence-corrected chi connectivity index (χ2v) is 9.10. The van der Waals surface area contributed by atoms with Crippen LogP contribution in [0.15, 0.2) is 59.4 Å². The number of carbonyl (C=O) groups is 1. The minimum atomic E-state index is -0.304. The summed E-state index contributed by atoms with van der Waals surface area (Å²) in [6, 6.07) is 16.0. The number of aromatic nitrogens is 4. The third kappa shape index (κ3) is 4.46. The fraction of sp³-hybridized carbons (Fsp3) is 0.217. The minimum absolute atomic E-state index is 0.00422. The summed E-state index contributed by atoms with van der Waals surface area (Å²) in [4.78, 5) is 36.4. The van der Waals surface area contributed by atoms with Crippen molar-refractivity contribution in [3.63, 3.8) is 0 Å². The van der Waals surface area contributed by atoms with E-state index >= 15 is 0 Å². The number of H-pyrrole nitrogens is 1. The Labute approximate surface area is 198 Å². The number of aromatic amines is 1. The zero-order valence-electron chi connectivity index (χ0n) is 17.5. The zero-order valence-corrected chi connectivity index (χ0v) is 19.1. The number of carbonyl (C=O) groups excluding carboxylic acids is 1. The van der Waals surface area contributed by atoms with Crippen LogP contribution in [0.4, 0.5) is 0 Å². The van der Waals surface area contributed by atoms with Crippen molar-refractivity contribution in [3.8, 4) is 17.1 Å². The number of amides is 1. The van der Waals surface area contributed by atoms with Gasteiger partial charge in [-0.3, -0.25) is 14.7 Å². The lowest BCUT2D eigenvalue weighted by atomic mass is 10.1. The number of thioether (sulfide) groups is 1. The first-order valence-electron chi connectivity index (χ1n) is 10.4. The van der Waals surface area contributed by atoms with E-state index in [4.69, 9.17) is 16.3 Å². The first-order chi connectivity index (χ1) is 16.1. The molecule has 3 heterocycles. The molecule has 2 aromatic heterocycles. The highest BCUT2D eigenvalue weighted by molar-refractivity contribution is 7.99. The number of hydrogen-bond donors (Lipinski definition) is 1. The van der Waals surface area contributed by atoms with Gasteiger partial charge >= 0.3 is 0 Å². The predicted octanol–water partition coefficient (Wildman–Crippen LogP) is 3.51. The molecular formula is C23H20ClN5O3S. The molecule has 0 radical (unpaired) electrons. The summed E-state index contributed by atoms with van der Waals surface area (Å²) in [7, 11) is 0. The summed E-state index contributed by atoms with van der Waals surface area (Å²) in [5.74, 6) is 2.79. The molecule has 0 saturated carbocycles. The van der Waals surface area contributed by atoms with Gasteiger partial charge in [-0.1, -0.05) is 48.0 Å². The molecule has 33 heavy (non-hydrogen) atoms. The number of rotatable bonds is 5. The SMILES string of the molecule is O=C(c1c(Cl)cccc1OCc1cc(=O)n2[nH]c(-c3ccccc3)nc2n1)N1CCSCC1. The summed E-state index contributed by atoms with van der Waals surface area (Å²) in [6.07, 6.45) is 0. The lowest BCUT2D eigenvalue weighted by Crippen LogP contribution is -2.38. The predicted molar refractivity (Wildman–Crippen MR) is 128 cm³/mol. The smallest absolute Gasteiger partial charge is 0.274 e. The molecule has 0 bridgehead atoms. The van der Waals surface area contributed by atoms with Gasteiger partial charge in [-0.15, -0.1) is 0 Å². The molecule has 8 nitrogen and oxygen atoms in total. The molecule has 5 rings (SSSR count). The van der Waals surface area contributed by atoms with Gasteiger partial charge < -0.3 is 9.64 Å². The summed E-state index contributed by atoms with van der Waals surface area (Å²) in [6.45, 7) is 1.34. The van der Waals surface area contributed by atoms with E-state index in [1.807, 2.05) is 42.1 Å². The van der Waals surface area contributed by atoms with Gasteiger partial charge in [0.05, 0.1) is 10.7 Å². The highest BCUT2D eigenvalue weighted by Gasteiger charge is 2.24. The van der Waals surface area contributed by atoms with Crippen molar-refractivity contribution in [2.45, 2.75) is 6.61 Å². The molecule has 0 atom stereocenters. The van der Waals surface area contributed by atoms with Crippen LogP contribution in [0.5, 0.6) is 5.75 Å². The molecule has 1 fully saturated rings. The number of nitrogens with zero attached hydrogens (tertiary/aromatic N) is 4. The molecule has 10 heteroatoms. The molecule has 168 valence electrons. The van der Waals surface area contributed by atoms with Crippen LogP contribution in [-0.2, 0) is 6.61 Å². The average Bonchev–Trinajstić information content (AvgIpc) is 3.28. The molecule has 0 unspecified atom stereocenters. The number of fused-ring (bicyclic) bond motifs is 1. The maximum absolute atomic E-state index is 13.1. The Morgan fingerprint density at radius 2 is 1.88 bits per heavy atom. The fourth-order valence-electron chi connectivity index (χ4n) is 3.63. The molecule has 1 saturated heterocycles. The van der Waals surface area contributed by atoms with E-state index in [9.17, 15) is 9.59 Å². The molecule has 0 spiro atoms. The fourth-order valence-corrected chi connectivity index (χ4v) is 4.78. The van der Waals surface area contributed by atoms with Crippen LogP contribution < -0.4 is 10.3 Å². The maximum atomic E-state index is 13.1. The largest absolute Gasteiger partial charge is 0.486 e. The van der Waals surface area contributed by atoms with Crippen molar-refractivity contribution in [2.75, 3.05) is 24.6 Å². The van der Waals surface area contributed by atoms with Crippen LogP contribution in [0, 0.1) is 0 Å². The minimum Gasteiger partial charge on any atom is -0.486 e. The Hall–Kier alpha value is -3.30. The van der Waals surface area contributed by atoms with E-state index < -0.39 is 0 Å². The van der Waals surface area contributed by atoms with Gasteiger partial charge in [0.15, 0.2) is 5.82 Å². The van der Waals surface area contributed by atoms with Crippen molar-refractivity contribution in [1.29, 1.82) is 0 Å². The lowest BCUT2D eigenvalue weighted by molar-refractivity contribution is 0.0767. The van der Waals surface area contributed by atoms with Gasteiger partial charge in [0.1, 0.15) is 17.9 Å². The maximum Gasteiger partial charge on any atom is 0.274 e. The molecule has 1 aliphatic rings. The third-order valence-electron chi connectivity index (χ3n) is 5.29. The van der Waals surface area contributed by atoms with Gasteiger partial charge in [-0.25, -0.2) is 4.98 Å². The molecule has 2 aromatic carbocycles. The number of hydrogen-bond acceptors (Lipinski definition) is 6. The monoisotopic (exact) mass is 481 g/mol. The van der Waals surface area contributed by atoms with Crippen LogP contribution in [0.1, 0.15) is 16.1 Å². The topological polar surface area (TPSA) is 92.6 Å². The highest BCUT2D eigenvalue weighted by atomic mass is 35.5. The van der Waals surface area contributed by atoms with E-state index in [0.717, 1.165) is 17.1 Å². The zero-order chi connectivity index (χ0) is 22.8. The van der Waals surface area contributed by atoms with Crippen LogP contribution in [0.2, 0.25) is 5.02 Å². The van der Waals surface area contributed by atoms with E-state index in [1.54, 1.807) is 23.1 Å². The van der Waals surface area contributed by atoms with E-state index in [0.29, 0.717) is 40.9 Å². The number of benzene rings is 2. The number of ether oxygens (including phenoxy) is 1. The van der Waals surface area contributed by atoms with Gasteiger partial charge in [0.2, 0.25) is 0 Å². The number of nitrogens with one attached hydrogen (secondary N) is 1. The second-order valence-electron chi connectivity index (χ2n) is 7.47. The van der Waals surface area contributed by atoms with E-state index in [1.165, 1.54) is 10.6 Å². The van der Waals surface area contributed by atoms with Crippen molar-refractivity contribution < 1.29 is 9.53 Å². The van der Waals surface area contributed by atoms with Crippen molar-refractivity contribution in [3.05, 3.63) is 81.2 Å². The van der Waals surface area contributed by atoms with Crippen LogP contribution in [0.3, 0.4) is 0 Å². The highest BCUT2D eigenvalue weighted by Crippen LogP contribution is 2.29. The average molecular weight is 482 g/mol.